The van der Waals surface area contributed by atoms with Crippen LogP contribution in [0.3, 0.4) is 0 Å². The van der Waals surface area contributed by atoms with Gasteiger partial charge in [0.05, 0.1) is 0 Å². The van der Waals surface area contributed by atoms with E-state index in [-0.39, 0.29) is 11.8 Å². The molecule has 0 aliphatic heterocycles. The van der Waals surface area contributed by atoms with Gasteiger partial charge in [0.25, 0.3) is 0 Å². The molecule has 0 aliphatic carbocycles. The quantitative estimate of drug-likeness (QED) is 0.840. The lowest BCUT2D eigenvalue weighted by atomic mass is 10.1. The molecule has 3 nitrogen and oxygen atoms in total. The summed E-state index contributed by atoms with van der Waals surface area (Å²) < 4.78 is 18.6. The van der Waals surface area contributed by atoms with E-state index in [4.69, 9.17) is 4.74 Å². The lowest BCUT2D eigenvalue weighted by Gasteiger charge is -2.23. The molecule has 1 atom stereocenters. The Morgan fingerprint density at radius 2 is 2.00 bits per heavy atom. The maximum atomic E-state index is 13.3. The van der Waals surface area contributed by atoms with Crippen molar-refractivity contribution in [1.29, 1.82) is 0 Å². The molecule has 4 heteroatoms. The summed E-state index contributed by atoms with van der Waals surface area (Å²) in [5, 5.41) is 2.96. The third-order valence-corrected chi connectivity index (χ3v) is 2.40. The lowest BCUT2D eigenvalue weighted by Crippen LogP contribution is -2.34. The first-order valence-electron chi connectivity index (χ1n) is 5.95. The van der Waals surface area contributed by atoms with E-state index in [2.05, 4.69) is 5.32 Å². The first kappa shape index (κ1) is 14.5. The molecular formula is C14H20FNO2. The van der Waals surface area contributed by atoms with Gasteiger partial charge in [-0.25, -0.2) is 9.18 Å². The van der Waals surface area contributed by atoms with Gasteiger partial charge in [-0.15, -0.1) is 0 Å². The number of rotatable bonds is 3. The van der Waals surface area contributed by atoms with E-state index in [1.165, 1.54) is 6.07 Å². The number of hydrogen-bond donors (Lipinski definition) is 1. The molecule has 1 aromatic carbocycles. The first-order valence-corrected chi connectivity index (χ1v) is 5.95. The molecule has 0 aliphatic rings. The molecule has 1 aromatic rings. The number of ether oxygens (including phenoxy) is 1. The van der Waals surface area contributed by atoms with Crippen molar-refractivity contribution in [3.8, 4) is 0 Å². The molecule has 1 rings (SSSR count). The second kappa shape index (κ2) is 5.38. The van der Waals surface area contributed by atoms with Gasteiger partial charge in [0, 0.05) is 11.3 Å². The van der Waals surface area contributed by atoms with Crippen LogP contribution in [0.5, 0.6) is 0 Å². The van der Waals surface area contributed by atoms with Crippen LogP contribution < -0.4 is 5.32 Å². The lowest BCUT2D eigenvalue weighted by molar-refractivity contribution is -0.155. The minimum atomic E-state index is -0.524. The van der Waals surface area contributed by atoms with Crippen molar-refractivity contribution in [2.24, 2.45) is 0 Å². The molecule has 0 amide bonds. The summed E-state index contributed by atoms with van der Waals surface area (Å²) in [5.41, 5.74) is 0.575. The topological polar surface area (TPSA) is 38.3 Å². The smallest absolute Gasteiger partial charge is 0.328 e. The van der Waals surface area contributed by atoms with Gasteiger partial charge in [-0.05, 0) is 46.8 Å². The molecule has 0 spiro atoms. The zero-order valence-electron chi connectivity index (χ0n) is 11.5. The van der Waals surface area contributed by atoms with Crippen molar-refractivity contribution < 1.29 is 13.9 Å². The number of anilines is 1. The van der Waals surface area contributed by atoms with Crippen molar-refractivity contribution in [2.75, 3.05) is 5.32 Å². The normalized spacial score (nSPS) is 13.0. The van der Waals surface area contributed by atoms with Crippen LogP contribution in [0.15, 0.2) is 18.2 Å². The highest BCUT2D eigenvalue weighted by molar-refractivity contribution is 5.79. The van der Waals surface area contributed by atoms with Crippen LogP contribution in [-0.4, -0.2) is 17.6 Å². The Morgan fingerprint density at radius 1 is 1.39 bits per heavy atom. The Hall–Kier alpha value is -1.58. The van der Waals surface area contributed by atoms with Crippen LogP contribution in [0.1, 0.15) is 33.3 Å². The molecule has 1 N–H and O–H groups in total. The molecule has 0 fully saturated rings. The predicted molar refractivity (Wildman–Crippen MR) is 70.1 cm³/mol. The van der Waals surface area contributed by atoms with E-state index in [1.54, 1.807) is 26.0 Å². The van der Waals surface area contributed by atoms with E-state index in [0.717, 1.165) is 0 Å². The summed E-state index contributed by atoms with van der Waals surface area (Å²) in [7, 11) is 0. The third-order valence-electron chi connectivity index (χ3n) is 2.40. The maximum Gasteiger partial charge on any atom is 0.328 e. The van der Waals surface area contributed by atoms with Gasteiger partial charge in [0.1, 0.15) is 17.5 Å². The van der Waals surface area contributed by atoms with Crippen molar-refractivity contribution in [3.05, 3.63) is 29.6 Å². The number of halogens is 1. The van der Waals surface area contributed by atoms with Crippen LogP contribution in [-0.2, 0) is 9.53 Å². The molecule has 0 heterocycles. The third kappa shape index (κ3) is 4.02. The Kier molecular flexibility index (Phi) is 4.33. The maximum absolute atomic E-state index is 13.3. The molecule has 0 bridgehead atoms. The van der Waals surface area contributed by atoms with Gasteiger partial charge >= 0.3 is 5.97 Å². The Morgan fingerprint density at radius 3 is 2.56 bits per heavy atom. The van der Waals surface area contributed by atoms with Crippen molar-refractivity contribution in [3.63, 3.8) is 0 Å². The van der Waals surface area contributed by atoms with Gasteiger partial charge in [0.2, 0.25) is 0 Å². The van der Waals surface area contributed by atoms with Gasteiger partial charge < -0.3 is 10.1 Å². The van der Waals surface area contributed by atoms with Crippen LogP contribution in [0, 0.1) is 12.7 Å². The number of esters is 1. The number of hydrogen-bond acceptors (Lipinski definition) is 3. The summed E-state index contributed by atoms with van der Waals surface area (Å²) in [4.78, 5) is 11.8. The fourth-order valence-electron chi connectivity index (χ4n) is 1.45. The van der Waals surface area contributed by atoms with Crippen molar-refractivity contribution >= 4 is 11.7 Å². The van der Waals surface area contributed by atoms with Crippen LogP contribution >= 0.6 is 0 Å². The molecule has 100 valence electrons. The molecular weight excluding hydrogens is 233 g/mol. The average Bonchev–Trinajstić information content (AvgIpc) is 2.22. The zero-order valence-corrected chi connectivity index (χ0v) is 11.5. The summed E-state index contributed by atoms with van der Waals surface area (Å²) in [6.45, 7) is 8.79. The Bertz CT molecular complexity index is 438. The number of carbonyl (C=O) groups excluding carboxylic acids is 1. The summed E-state index contributed by atoms with van der Waals surface area (Å²) >= 11 is 0. The predicted octanol–water partition coefficient (Wildman–Crippen LogP) is 3.28. The number of carbonyl (C=O) groups is 1. The molecule has 0 radical (unpaired) electrons. The fourth-order valence-corrected chi connectivity index (χ4v) is 1.45. The standard InChI is InChI=1S/C14H20FNO2/c1-9-11(15)7-6-8-12(9)16-10(2)13(17)18-14(3,4)5/h6-8,10,16H,1-5H3. The van der Waals surface area contributed by atoms with E-state index >= 15 is 0 Å². The SMILES string of the molecule is Cc1c(F)cccc1NC(C)C(=O)OC(C)(C)C. The first-order chi connectivity index (χ1) is 8.20. The minimum absolute atomic E-state index is 0.295. The van der Waals surface area contributed by atoms with Crippen LogP contribution in [0.2, 0.25) is 0 Å². The molecule has 0 saturated heterocycles. The van der Waals surface area contributed by atoms with E-state index in [1.807, 2.05) is 20.8 Å². The van der Waals surface area contributed by atoms with Crippen molar-refractivity contribution in [1.82, 2.24) is 0 Å². The highest BCUT2D eigenvalue weighted by Gasteiger charge is 2.22. The molecule has 0 saturated carbocycles. The highest BCUT2D eigenvalue weighted by Crippen LogP contribution is 2.19. The van der Waals surface area contributed by atoms with Crippen LogP contribution in [0.4, 0.5) is 10.1 Å². The average molecular weight is 253 g/mol. The second-order valence-electron chi connectivity index (χ2n) is 5.31. The minimum Gasteiger partial charge on any atom is -0.458 e. The number of nitrogens with one attached hydrogen (secondary N) is 1. The van der Waals surface area contributed by atoms with E-state index in [0.29, 0.717) is 11.3 Å². The summed E-state index contributed by atoms with van der Waals surface area (Å²) in [6.07, 6.45) is 0. The zero-order chi connectivity index (χ0) is 13.9. The second-order valence-corrected chi connectivity index (χ2v) is 5.31. The van der Waals surface area contributed by atoms with Crippen LogP contribution in [0.25, 0.3) is 0 Å². The molecule has 0 aromatic heterocycles. The Balaban J connectivity index is 2.73. The number of benzene rings is 1. The van der Waals surface area contributed by atoms with Gasteiger partial charge in [-0.1, -0.05) is 6.07 Å². The van der Waals surface area contributed by atoms with E-state index in [9.17, 15) is 9.18 Å². The molecule has 1 unspecified atom stereocenters. The molecule has 18 heavy (non-hydrogen) atoms. The van der Waals surface area contributed by atoms with Gasteiger partial charge in [0.15, 0.2) is 0 Å². The van der Waals surface area contributed by atoms with Crippen molar-refractivity contribution in [2.45, 2.75) is 46.3 Å². The van der Waals surface area contributed by atoms with Gasteiger partial charge in [-0.3, -0.25) is 0 Å². The summed E-state index contributed by atoms with van der Waals surface area (Å²) in [6, 6.07) is 4.20. The van der Waals surface area contributed by atoms with Gasteiger partial charge in [-0.2, -0.15) is 0 Å². The van der Waals surface area contributed by atoms with E-state index < -0.39 is 11.6 Å². The summed E-state index contributed by atoms with van der Waals surface area (Å²) in [5.74, 6) is -0.650. The Labute approximate surface area is 107 Å². The monoisotopic (exact) mass is 253 g/mol. The largest absolute Gasteiger partial charge is 0.458 e. The fraction of sp³-hybridized carbons (Fsp3) is 0.500. The highest BCUT2D eigenvalue weighted by atomic mass is 19.1.